The number of phenols is 1. The average molecular weight is 364 g/mol. The van der Waals surface area contributed by atoms with Gasteiger partial charge < -0.3 is 19.7 Å². The van der Waals surface area contributed by atoms with Crippen molar-refractivity contribution in [2.45, 2.75) is 19.3 Å². The summed E-state index contributed by atoms with van der Waals surface area (Å²) in [5.74, 6) is 1.04. The summed E-state index contributed by atoms with van der Waals surface area (Å²) >= 11 is 0. The second-order valence-corrected chi connectivity index (χ2v) is 7.19. The highest BCUT2D eigenvalue weighted by atomic mass is 16.5. The van der Waals surface area contributed by atoms with Gasteiger partial charge in [-0.3, -0.25) is 4.79 Å². The van der Waals surface area contributed by atoms with E-state index in [4.69, 9.17) is 4.74 Å². The predicted octanol–water partition coefficient (Wildman–Crippen LogP) is 3.98. The van der Waals surface area contributed by atoms with Crippen molar-refractivity contribution in [3.63, 3.8) is 0 Å². The van der Waals surface area contributed by atoms with Crippen LogP contribution in [0.5, 0.6) is 11.5 Å². The number of likely N-dealkylation sites (tertiary alicyclic amines) is 1. The van der Waals surface area contributed by atoms with Crippen LogP contribution in [0.3, 0.4) is 0 Å². The molecule has 0 aliphatic carbocycles. The van der Waals surface area contributed by atoms with E-state index in [9.17, 15) is 9.90 Å². The number of fused-ring (bicyclic) bond motifs is 1. The van der Waals surface area contributed by atoms with Gasteiger partial charge in [-0.05, 0) is 48.9 Å². The molecule has 0 saturated carbocycles. The summed E-state index contributed by atoms with van der Waals surface area (Å²) in [4.78, 5) is 17.9. The highest BCUT2D eigenvalue weighted by Gasteiger charge is 2.25. The lowest BCUT2D eigenvalue weighted by Gasteiger charge is -2.31. The number of aromatic nitrogens is 1. The monoisotopic (exact) mass is 364 g/mol. The zero-order valence-electron chi connectivity index (χ0n) is 15.4. The van der Waals surface area contributed by atoms with E-state index < -0.39 is 0 Å². The number of rotatable bonds is 4. The van der Waals surface area contributed by atoms with Crippen molar-refractivity contribution in [2.75, 3.05) is 20.2 Å². The van der Waals surface area contributed by atoms with Gasteiger partial charge in [-0.25, -0.2) is 0 Å². The number of methoxy groups -OCH3 is 1. The predicted molar refractivity (Wildman–Crippen MR) is 105 cm³/mol. The molecule has 27 heavy (non-hydrogen) atoms. The number of aromatic amines is 1. The van der Waals surface area contributed by atoms with Gasteiger partial charge in [0.2, 0.25) is 0 Å². The smallest absolute Gasteiger partial charge is 0.270 e. The number of H-pyrrole nitrogens is 1. The van der Waals surface area contributed by atoms with Crippen LogP contribution in [0.25, 0.3) is 10.9 Å². The normalized spacial score (nSPS) is 15.2. The van der Waals surface area contributed by atoms with Crippen LogP contribution in [-0.2, 0) is 6.42 Å². The molecule has 1 amide bonds. The zero-order valence-corrected chi connectivity index (χ0v) is 15.4. The number of ether oxygens (including phenoxy) is 1. The number of nitrogens with one attached hydrogen (secondary N) is 1. The number of carbonyl (C=O) groups is 1. The third-order valence-electron chi connectivity index (χ3n) is 5.45. The molecule has 0 bridgehead atoms. The van der Waals surface area contributed by atoms with Crippen molar-refractivity contribution < 1.29 is 14.6 Å². The van der Waals surface area contributed by atoms with Gasteiger partial charge in [0.25, 0.3) is 5.91 Å². The number of piperidine rings is 1. The van der Waals surface area contributed by atoms with Crippen molar-refractivity contribution in [3.8, 4) is 11.5 Å². The Morgan fingerprint density at radius 1 is 1.19 bits per heavy atom. The number of hydrogen-bond acceptors (Lipinski definition) is 3. The largest absolute Gasteiger partial charge is 0.503 e. The van der Waals surface area contributed by atoms with Gasteiger partial charge in [0.05, 0.1) is 12.6 Å². The summed E-state index contributed by atoms with van der Waals surface area (Å²) in [6, 6.07) is 15.9. The Balaban J connectivity index is 1.43. The lowest BCUT2D eigenvalue weighted by Crippen LogP contribution is -2.39. The molecule has 5 heteroatoms. The molecule has 1 fully saturated rings. The van der Waals surface area contributed by atoms with Crippen LogP contribution in [0, 0.1) is 5.92 Å². The summed E-state index contributed by atoms with van der Waals surface area (Å²) in [6.07, 6.45) is 3.10. The maximum absolute atomic E-state index is 12.9. The number of phenolic OH excluding ortho intramolecular Hbond substituents is 1. The number of nitrogens with zero attached hydrogens (tertiary/aromatic N) is 1. The molecule has 5 nitrogen and oxygen atoms in total. The standard InChI is InChI=1S/C22H24N2O3/c1-27-19-8-7-17-14-18(23-20(17)21(19)25)22(26)24-11-9-16(10-12-24)13-15-5-3-2-4-6-15/h2-8,14,16,23,25H,9-13H2,1H3. The van der Waals surface area contributed by atoms with Crippen LogP contribution in [-0.4, -0.2) is 41.1 Å². The minimum atomic E-state index is -0.0114. The fourth-order valence-electron chi connectivity index (χ4n) is 3.90. The Labute approximate surface area is 158 Å². The molecule has 140 valence electrons. The molecule has 0 unspecified atom stereocenters. The number of benzene rings is 2. The van der Waals surface area contributed by atoms with Crippen molar-refractivity contribution >= 4 is 16.8 Å². The van der Waals surface area contributed by atoms with E-state index >= 15 is 0 Å². The third kappa shape index (κ3) is 3.50. The van der Waals surface area contributed by atoms with Gasteiger partial charge in [-0.15, -0.1) is 0 Å². The van der Waals surface area contributed by atoms with Crippen molar-refractivity contribution in [3.05, 3.63) is 59.8 Å². The second kappa shape index (κ2) is 7.35. The highest BCUT2D eigenvalue weighted by molar-refractivity contribution is 6.00. The molecule has 2 aromatic carbocycles. The number of carbonyl (C=O) groups excluding carboxylic acids is 1. The van der Waals surface area contributed by atoms with Crippen LogP contribution in [0.15, 0.2) is 48.5 Å². The first kappa shape index (κ1) is 17.5. The molecule has 4 rings (SSSR count). The Bertz CT molecular complexity index is 941. The van der Waals surface area contributed by atoms with Gasteiger partial charge >= 0.3 is 0 Å². The molecule has 3 aromatic rings. The fourth-order valence-corrected chi connectivity index (χ4v) is 3.90. The maximum atomic E-state index is 12.9. The molecule has 2 N–H and O–H groups in total. The molecule has 1 saturated heterocycles. The quantitative estimate of drug-likeness (QED) is 0.736. The van der Waals surface area contributed by atoms with Crippen LogP contribution in [0.2, 0.25) is 0 Å². The van der Waals surface area contributed by atoms with Crippen LogP contribution in [0.1, 0.15) is 28.9 Å². The summed E-state index contributed by atoms with van der Waals surface area (Å²) in [6.45, 7) is 1.53. The van der Waals surface area contributed by atoms with Crippen LogP contribution >= 0.6 is 0 Å². The van der Waals surface area contributed by atoms with E-state index in [-0.39, 0.29) is 11.7 Å². The summed E-state index contributed by atoms with van der Waals surface area (Å²) in [5.41, 5.74) is 2.41. The van der Waals surface area contributed by atoms with Crippen LogP contribution < -0.4 is 4.74 Å². The minimum Gasteiger partial charge on any atom is -0.503 e. The molecular formula is C22H24N2O3. The first-order chi connectivity index (χ1) is 13.2. The number of amides is 1. The lowest BCUT2D eigenvalue weighted by atomic mass is 9.90. The number of hydrogen-bond donors (Lipinski definition) is 2. The van der Waals surface area contributed by atoms with E-state index in [0.29, 0.717) is 22.9 Å². The fraction of sp³-hybridized carbons (Fsp3) is 0.318. The summed E-state index contributed by atoms with van der Waals surface area (Å²) in [7, 11) is 1.51. The maximum Gasteiger partial charge on any atom is 0.270 e. The molecular weight excluding hydrogens is 340 g/mol. The summed E-state index contributed by atoms with van der Waals surface area (Å²) in [5, 5.41) is 11.1. The van der Waals surface area contributed by atoms with E-state index in [1.54, 1.807) is 12.1 Å². The first-order valence-electron chi connectivity index (χ1n) is 9.37. The molecule has 1 aromatic heterocycles. The Morgan fingerprint density at radius 3 is 2.63 bits per heavy atom. The topological polar surface area (TPSA) is 65.6 Å². The van der Waals surface area contributed by atoms with E-state index in [0.717, 1.165) is 37.7 Å². The Morgan fingerprint density at radius 2 is 1.93 bits per heavy atom. The molecule has 0 atom stereocenters. The second-order valence-electron chi connectivity index (χ2n) is 7.19. The van der Waals surface area contributed by atoms with Crippen molar-refractivity contribution in [1.29, 1.82) is 0 Å². The minimum absolute atomic E-state index is 0.0114. The summed E-state index contributed by atoms with van der Waals surface area (Å²) < 4.78 is 5.13. The zero-order chi connectivity index (χ0) is 18.8. The van der Waals surface area contributed by atoms with E-state index in [2.05, 4.69) is 29.2 Å². The van der Waals surface area contributed by atoms with E-state index in [1.165, 1.54) is 12.7 Å². The number of aromatic hydroxyl groups is 1. The van der Waals surface area contributed by atoms with Gasteiger partial charge in [0, 0.05) is 18.5 Å². The van der Waals surface area contributed by atoms with Gasteiger partial charge in [0.15, 0.2) is 11.5 Å². The van der Waals surface area contributed by atoms with Gasteiger partial charge in [-0.2, -0.15) is 0 Å². The molecule has 1 aliphatic rings. The SMILES string of the molecule is COc1ccc2cc(C(=O)N3CCC(Cc4ccccc4)CC3)[nH]c2c1O. The lowest BCUT2D eigenvalue weighted by molar-refractivity contribution is 0.0685. The third-order valence-corrected chi connectivity index (χ3v) is 5.45. The Kier molecular flexibility index (Phi) is 4.75. The first-order valence-corrected chi connectivity index (χ1v) is 9.37. The van der Waals surface area contributed by atoms with Crippen molar-refractivity contribution in [1.82, 2.24) is 9.88 Å². The molecule has 0 spiro atoms. The molecule has 0 radical (unpaired) electrons. The molecule has 1 aliphatic heterocycles. The average Bonchev–Trinajstić information content (AvgIpc) is 3.14. The van der Waals surface area contributed by atoms with Crippen molar-refractivity contribution in [2.24, 2.45) is 5.92 Å². The van der Waals surface area contributed by atoms with E-state index in [1.807, 2.05) is 17.0 Å². The van der Waals surface area contributed by atoms with Crippen LogP contribution in [0.4, 0.5) is 0 Å². The van der Waals surface area contributed by atoms with Gasteiger partial charge in [0.1, 0.15) is 5.69 Å². The molecule has 2 heterocycles. The highest BCUT2D eigenvalue weighted by Crippen LogP contribution is 2.34. The Hall–Kier alpha value is -2.95. The van der Waals surface area contributed by atoms with Gasteiger partial charge in [-0.1, -0.05) is 30.3 Å².